The Hall–Kier alpha value is -2.00. The molecule has 0 aromatic carbocycles. The molecule has 0 spiro atoms. The lowest BCUT2D eigenvalue weighted by Gasteiger charge is -2.35. The molecule has 1 fully saturated rings. The minimum Gasteiger partial charge on any atom is -0.367 e. The highest BCUT2D eigenvalue weighted by atomic mass is 32.1. The summed E-state index contributed by atoms with van der Waals surface area (Å²) >= 11 is 3.10. The molecule has 1 aliphatic heterocycles. The average Bonchev–Trinajstić information content (AvgIpc) is 3.20. The van der Waals surface area contributed by atoms with Gasteiger partial charge in [-0.1, -0.05) is 13.8 Å². The van der Waals surface area contributed by atoms with Crippen LogP contribution in [0.15, 0.2) is 5.38 Å². The van der Waals surface area contributed by atoms with Gasteiger partial charge in [0.15, 0.2) is 0 Å². The molecular weight excluding hydrogens is 366 g/mol. The number of hydrogen-bond donors (Lipinski definition) is 1. The highest BCUT2D eigenvalue weighted by Gasteiger charge is 2.24. The number of fused-ring (bicyclic) bond motifs is 1. The van der Waals surface area contributed by atoms with Crippen LogP contribution in [0.1, 0.15) is 25.2 Å². The van der Waals surface area contributed by atoms with E-state index in [0.717, 1.165) is 54.2 Å². The summed E-state index contributed by atoms with van der Waals surface area (Å²) < 4.78 is 4.09. The van der Waals surface area contributed by atoms with Gasteiger partial charge in [-0.25, -0.2) is 9.97 Å². The van der Waals surface area contributed by atoms with Crippen molar-refractivity contribution in [3.8, 4) is 0 Å². The van der Waals surface area contributed by atoms with Crippen molar-refractivity contribution in [3.63, 3.8) is 0 Å². The fourth-order valence-electron chi connectivity index (χ4n) is 3.37. The zero-order chi connectivity index (χ0) is 18.3. The van der Waals surface area contributed by atoms with Gasteiger partial charge in [-0.3, -0.25) is 0 Å². The van der Waals surface area contributed by atoms with Crippen LogP contribution in [0.4, 0.5) is 16.9 Å². The molecule has 0 amide bonds. The van der Waals surface area contributed by atoms with Gasteiger partial charge in [-0.05, 0) is 30.2 Å². The second-order valence-electron chi connectivity index (χ2n) is 7.04. The van der Waals surface area contributed by atoms with Crippen molar-refractivity contribution in [2.24, 2.45) is 5.92 Å². The standard InChI is InChI=1S/C17H23N7S2/c1-10(2)8-12-9-25-15-13(12)14(19-11(3)20-15)23-4-6-24(7-5-23)17-21-16(18)22-26-17/h9-10H,4-8H2,1-3H3,(H2,18,22). The number of rotatable bonds is 4. The Morgan fingerprint density at radius 3 is 2.50 bits per heavy atom. The number of aromatic nitrogens is 4. The van der Waals surface area contributed by atoms with E-state index in [0.29, 0.717) is 11.9 Å². The molecule has 9 heteroatoms. The van der Waals surface area contributed by atoms with E-state index in [1.54, 1.807) is 11.3 Å². The van der Waals surface area contributed by atoms with Gasteiger partial charge in [0.1, 0.15) is 16.5 Å². The largest absolute Gasteiger partial charge is 0.367 e. The fourth-order valence-corrected chi connectivity index (χ4v) is 5.01. The van der Waals surface area contributed by atoms with Crippen LogP contribution in [0, 0.1) is 12.8 Å². The number of thiophene rings is 1. The SMILES string of the molecule is Cc1nc(N2CCN(c3nc(N)ns3)CC2)c2c(CC(C)C)csc2n1. The topological polar surface area (TPSA) is 84.1 Å². The van der Waals surface area contributed by atoms with Crippen molar-refractivity contribution in [1.82, 2.24) is 19.3 Å². The van der Waals surface area contributed by atoms with Crippen LogP contribution >= 0.6 is 22.9 Å². The molecule has 4 rings (SSSR count). The third kappa shape index (κ3) is 3.33. The van der Waals surface area contributed by atoms with Gasteiger partial charge in [0.05, 0.1) is 5.39 Å². The van der Waals surface area contributed by atoms with Gasteiger partial charge in [0.25, 0.3) is 0 Å². The summed E-state index contributed by atoms with van der Waals surface area (Å²) in [6.07, 6.45) is 1.06. The zero-order valence-electron chi connectivity index (χ0n) is 15.3. The van der Waals surface area contributed by atoms with Gasteiger partial charge < -0.3 is 15.5 Å². The highest BCUT2D eigenvalue weighted by molar-refractivity contribution is 7.17. The lowest BCUT2D eigenvalue weighted by Crippen LogP contribution is -2.47. The Morgan fingerprint density at radius 2 is 1.85 bits per heavy atom. The maximum absolute atomic E-state index is 5.66. The molecule has 2 N–H and O–H groups in total. The molecule has 0 bridgehead atoms. The zero-order valence-corrected chi connectivity index (χ0v) is 16.9. The summed E-state index contributed by atoms with van der Waals surface area (Å²) in [6, 6.07) is 0. The first-order chi connectivity index (χ1) is 12.5. The molecule has 0 atom stereocenters. The minimum absolute atomic E-state index is 0.358. The van der Waals surface area contributed by atoms with Gasteiger partial charge in [-0.2, -0.15) is 9.36 Å². The molecule has 3 aromatic heterocycles. The van der Waals surface area contributed by atoms with Crippen molar-refractivity contribution >= 4 is 50.0 Å². The van der Waals surface area contributed by atoms with Crippen molar-refractivity contribution in [2.45, 2.75) is 27.2 Å². The van der Waals surface area contributed by atoms with Crippen molar-refractivity contribution in [2.75, 3.05) is 41.7 Å². The van der Waals surface area contributed by atoms with Gasteiger partial charge >= 0.3 is 0 Å². The van der Waals surface area contributed by atoms with E-state index >= 15 is 0 Å². The maximum Gasteiger partial charge on any atom is 0.233 e. The number of nitrogen functional groups attached to an aromatic ring is 1. The van der Waals surface area contributed by atoms with Gasteiger partial charge in [-0.15, -0.1) is 11.3 Å². The monoisotopic (exact) mass is 389 g/mol. The second kappa shape index (κ2) is 6.96. The number of nitrogens with zero attached hydrogens (tertiary/aromatic N) is 6. The molecule has 0 radical (unpaired) electrons. The number of aryl methyl sites for hydroxylation is 1. The van der Waals surface area contributed by atoms with E-state index in [1.807, 2.05) is 6.92 Å². The van der Waals surface area contributed by atoms with E-state index in [1.165, 1.54) is 22.5 Å². The Labute approximate surface area is 161 Å². The molecule has 0 aliphatic carbocycles. The van der Waals surface area contributed by atoms with Crippen LogP contribution < -0.4 is 15.5 Å². The van der Waals surface area contributed by atoms with E-state index in [-0.39, 0.29) is 0 Å². The predicted molar refractivity (Wildman–Crippen MR) is 109 cm³/mol. The van der Waals surface area contributed by atoms with Crippen LogP contribution in [0.5, 0.6) is 0 Å². The summed E-state index contributed by atoms with van der Waals surface area (Å²) in [7, 11) is 0. The summed E-state index contributed by atoms with van der Waals surface area (Å²) in [5.41, 5.74) is 7.03. The Kier molecular flexibility index (Phi) is 4.66. The average molecular weight is 390 g/mol. The molecule has 138 valence electrons. The number of nitrogens with two attached hydrogens (primary N) is 1. The quantitative estimate of drug-likeness (QED) is 0.734. The van der Waals surface area contributed by atoms with E-state index in [2.05, 4.69) is 43.4 Å². The number of anilines is 3. The van der Waals surface area contributed by atoms with Gasteiger partial charge in [0.2, 0.25) is 11.1 Å². The molecule has 1 saturated heterocycles. The molecule has 0 saturated carbocycles. The fraction of sp³-hybridized carbons (Fsp3) is 0.529. The summed E-state index contributed by atoms with van der Waals surface area (Å²) in [5, 5.41) is 4.40. The third-order valence-corrected chi connectivity index (χ3v) is 6.22. The first-order valence-corrected chi connectivity index (χ1v) is 10.5. The molecular formula is C17H23N7S2. The van der Waals surface area contributed by atoms with Crippen LogP contribution in [0.2, 0.25) is 0 Å². The van der Waals surface area contributed by atoms with Crippen molar-refractivity contribution in [1.29, 1.82) is 0 Å². The first kappa shape index (κ1) is 17.4. The van der Waals surface area contributed by atoms with Crippen LogP contribution in [-0.2, 0) is 6.42 Å². The summed E-state index contributed by atoms with van der Waals surface area (Å²) in [6.45, 7) is 10.1. The molecule has 7 nitrogen and oxygen atoms in total. The maximum atomic E-state index is 5.66. The van der Waals surface area contributed by atoms with Gasteiger partial charge in [0, 0.05) is 37.7 Å². The van der Waals surface area contributed by atoms with E-state index in [4.69, 9.17) is 10.7 Å². The lowest BCUT2D eigenvalue weighted by molar-refractivity contribution is 0.642. The summed E-state index contributed by atoms with van der Waals surface area (Å²) in [5.74, 6) is 2.89. The Morgan fingerprint density at radius 1 is 1.12 bits per heavy atom. The summed E-state index contributed by atoms with van der Waals surface area (Å²) in [4.78, 5) is 19.5. The third-order valence-electron chi connectivity index (χ3n) is 4.51. The van der Waals surface area contributed by atoms with E-state index < -0.39 is 0 Å². The van der Waals surface area contributed by atoms with Crippen LogP contribution in [0.3, 0.4) is 0 Å². The minimum atomic E-state index is 0.358. The van der Waals surface area contributed by atoms with Crippen LogP contribution in [0.25, 0.3) is 10.2 Å². The van der Waals surface area contributed by atoms with Crippen molar-refractivity contribution in [3.05, 3.63) is 16.8 Å². The molecule has 3 aromatic rings. The number of hydrogen-bond acceptors (Lipinski definition) is 9. The predicted octanol–water partition coefficient (Wildman–Crippen LogP) is 2.96. The highest BCUT2D eigenvalue weighted by Crippen LogP contribution is 2.34. The van der Waals surface area contributed by atoms with Crippen molar-refractivity contribution < 1.29 is 0 Å². The first-order valence-electron chi connectivity index (χ1n) is 8.85. The lowest BCUT2D eigenvalue weighted by atomic mass is 10.0. The second-order valence-corrected chi connectivity index (χ2v) is 8.63. The Bertz CT molecular complexity index is 909. The Balaban J connectivity index is 1.61. The molecule has 26 heavy (non-hydrogen) atoms. The van der Waals surface area contributed by atoms with E-state index in [9.17, 15) is 0 Å². The normalized spacial score (nSPS) is 15.4. The molecule has 0 unspecified atom stereocenters. The smallest absolute Gasteiger partial charge is 0.233 e. The van der Waals surface area contributed by atoms with Crippen LogP contribution in [-0.4, -0.2) is 45.5 Å². The number of piperazine rings is 1. The molecule has 1 aliphatic rings. The molecule has 4 heterocycles.